The Labute approximate surface area is 156 Å². The maximum atomic E-state index is 5.86. The van der Waals surface area contributed by atoms with Crippen LogP contribution in [0.3, 0.4) is 0 Å². The van der Waals surface area contributed by atoms with Crippen LogP contribution in [0.2, 0.25) is 0 Å². The number of hydrogen-bond donors (Lipinski definition) is 0. The Balaban J connectivity index is 1.89. The summed E-state index contributed by atoms with van der Waals surface area (Å²) in [7, 11) is 0. The van der Waals surface area contributed by atoms with Crippen molar-refractivity contribution in [2.24, 2.45) is 0 Å². The van der Waals surface area contributed by atoms with Crippen molar-refractivity contribution in [3.8, 4) is 16.9 Å². The van der Waals surface area contributed by atoms with Crippen molar-refractivity contribution < 1.29 is 4.74 Å². The Morgan fingerprint density at radius 3 is 2.57 bits per heavy atom. The van der Waals surface area contributed by atoms with Crippen LogP contribution in [-0.2, 0) is 0 Å². The second-order valence-corrected chi connectivity index (χ2v) is 7.45. The lowest BCUT2D eigenvalue weighted by atomic mass is 10.1. The van der Waals surface area contributed by atoms with Gasteiger partial charge in [-0.3, -0.25) is 0 Å². The quantitative estimate of drug-likeness (QED) is 0.370. The highest BCUT2D eigenvalue weighted by molar-refractivity contribution is 9.11. The summed E-state index contributed by atoms with van der Waals surface area (Å²) in [4.78, 5) is 0. The highest BCUT2D eigenvalue weighted by Gasteiger charge is 2.05. The molecule has 1 nitrogen and oxygen atoms in total. The normalized spacial score (nSPS) is 10.7. The van der Waals surface area contributed by atoms with Gasteiger partial charge < -0.3 is 4.74 Å². The predicted octanol–water partition coefficient (Wildman–Crippen LogP) is 7.42. The molecule has 2 aromatic rings. The molecular weight excluding hydrogens is 416 g/mol. The SMILES string of the molecule is CCCCCCCCOc1[c]ccc(-c2cc(Br)ccc2Br)c1. The van der Waals surface area contributed by atoms with E-state index in [0.717, 1.165) is 38.8 Å². The van der Waals surface area contributed by atoms with Crippen LogP contribution in [0.5, 0.6) is 5.75 Å². The maximum absolute atomic E-state index is 5.86. The first kappa shape index (κ1) is 18.5. The van der Waals surface area contributed by atoms with Crippen molar-refractivity contribution in [3.05, 3.63) is 51.4 Å². The van der Waals surface area contributed by atoms with Gasteiger partial charge in [-0.15, -0.1) is 0 Å². The molecule has 0 saturated heterocycles. The summed E-state index contributed by atoms with van der Waals surface area (Å²) in [5.41, 5.74) is 2.28. The second kappa shape index (κ2) is 10.1. The summed E-state index contributed by atoms with van der Waals surface area (Å²) in [6, 6.07) is 15.4. The molecule has 0 bridgehead atoms. The van der Waals surface area contributed by atoms with Gasteiger partial charge in [0.25, 0.3) is 0 Å². The average molecular weight is 439 g/mol. The number of unbranched alkanes of at least 4 members (excludes halogenated alkanes) is 5. The maximum Gasteiger partial charge on any atom is 0.127 e. The van der Waals surface area contributed by atoms with E-state index < -0.39 is 0 Å². The highest BCUT2D eigenvalue weighted by Crippen LogP contribution is 2.32. The van der Waals surface area contributed by atoms with Gasteiger partial charge in [0.2, 0.25) is 0 Å². The minimum absolute atomic E-state index is 0.770. The molecule has 0 amide bonds. The lowest BCUT2D eigenvalue weighted by molar-refractivity contribution is 0.304. The lowest BCUT2D eigenvalue weighted by Gasteiger charge is -2.09. The first-order valence-corrected chi connectivity index (χ1v) is 9.89. The first-order chi connectivity index (χ1) is 11.2. The van der Waals surface area contributed by atoms with Gasteiger partial charge in [-0.2, -0.15) is 0 Å². The van der Waals surface area contributed by atoms with Crippen LogP contribution in [0.25, 0.3) is 11.1 Å². The van der Waals surface area contributed by atoms with Gasteiger partial charge in [0.15, 0.2) is 0 Å². The summed E-state index contributed by atoms with van der Waals surface area (Å²) in [6.45, 7) is 3.02. The van der Waals surface area contributed by atoms with E-state index in [-0.39, 0.29) is 0 Å². The summed E-state index contributed by atoms with van der Waals surface area (Å²) in [5, 5.41) is 0. The summed E-state index contributed by atoms with van der Waals surface area (Å²) < 4.78 is 8.01. The summed E-state index contributed by atoms with van der Waals surface area (Å²) in [5.74, 6) is 0.822. The molecule has 0 aliphatic rings. The molecule has 0 aliphatic heterocycles. The summed E-state index contributed by atoms with van der Waals surface area (Å²) in [6.07, 6.45) is 7.65. The minimum Gasteiger partial charge on any atom is -0.493 e. The molecule has 0 N–H and O–H groups in total. The molecule has 0 saturated carbocycles. The van der Waals surface area contributed by atoms with Gasteiger partial charge in [0.1, 0.15) is 5.75 Å². The monoisotopic (exact) mass is 437 g/mol. The summed E-state index contributed by atoms with van der Waals surface area (Å²) >= 11 is 7.14. The molecule has 2 rings (SSSR count). The number of hydrogen-bond acceptors (Lipinski definition) is 1. The van der Waals surface area contributed by atoms with E-state index in [1.54, 1.807) is 0 Å². The van der Waals surface area contributed by atoms with E-state index >= 15 is 0 Å². The average Bonchev–Trinajstić information content (AvgIpc) is 2.56. The van der Waals surface area contributed by atoms with Crippen LogP contribution >= 0.6 is 31.9 Å². The van der Waals surface area contributed by atoms with E-state index in [9.17, 15) is 0 Å². The van der Waals surface area contributed by atoms with Gasteiger partial charge in [0.05, 0.1) is 6.61 Å². The lowest BCUT2D eigenvalue weighted by Crippen LogP contribution is -1.97. The third-order valence-corrected chi connectivity index (χ3v) is 4.95. The fourth-order valence-electron chi connectivity index (χ4n) is 2.48. The fraction of sp³-hybridized carbons (Fsp3) is 0.400. The zero-order valence-corrected chi connectivity index (χ0v) is 16.8. The van der Waals surface area contributed by atoms with E-state index in [4.69, 9.17) is 4.74 Å². The Kier molecular flexibility index (Phi) is 8.18. The van der Waals surface area contributed by atoms with Crippen molar-refractivity contribution in [1.82, 2.24) is 0 Å². The van der Waals surface area contributed by atoms with E-state index in [0.29, 0.717) is 0 Å². The van der Waals surface area contributed by atoms with Crippen LogP contribution in [0.15, 0.2) is 45.3 Å². The van der Waals surface area contributed by atoms with Crippen molar-refractivity contribution in [3.63, 3.8) is 0 Å². The zero-order valence-electron chi connectivity index (χ0n) is 13.6. The molecule has 123 valence electrons. The largest absolute Gasteiger partial charge is 0.493 e. The number of benzene rings is 2. The van der Waals surface area contributed by atoms with Gasteiger partial charge in [-0.05, 0) is 47.9 Å². The first-order valence-electron chi connectivity index (χ1n) is 8.30. The molecule has 0 unspecified atom stereocenters. The highest BCUT2D eigenvalue weighted by atomic mass is 79.9. The molecule has 0 aliphatic carbocycles. The molecule has 0 atom stereocenters. The zero-order chi connectivity index (χ0) is 16.5. The fourth-order valence-corrected chi connectivity index (χ4v) is 3.32. The third kappa shape index (κ3) is 6.31. The van der Waals surface area contributed by atoms with Crippen molar-refractivity contribution in [1.29, 1.82) is 0 Å². The van der Waals surface area contributed by atoms with E-state index in [2.05, 4.69) is 63.0 Å². The smallest absolute Gasteiger partial charge is 0.127 e. The van der Waals surface area contributed by atoms with Gasteiger partial charge in [-0.1, -0.05) is 77.0 Å². The van der Waals surface area contributed by atoms with Crippen LogP contribution in [-0.4, -0.2) is 6.61 Å². The molecule has 23 heavy (non-hydrogen) atoms. The van der Waals surface area contributed by atoms with Crippen LogP contribution in [0.4, 0.5) is 0 Å². The van der Waals surface area contributed by atoms with Crippen LogP contribution < -0.4 is 4.74 Å². The molecule has 3 heteroatoms. The van der Waals surface area contributed by atoms with Crippen molar-refractivity contribution in [2.75, 3.05) is 6.61 Å². The molecule has 0 spiro atoms. The van der Waals surface area contributed by atoms with E-state index in [1.807, 2.05) is 18.2 Å². The predicted molar refractivity (Wildman–Crippen MR) is 105 cm³/mol. The molecule has 0 heterocycles. The van der Waals surface area contributed by atoms with E-state index in [1.165, 1.54) is 32.1 Å². The minimum atomic E-state index is 0.770. The second-order valence-electron chi connectivity index (χ2n) is 5.68. The van der Waals surface area contributed by atoms with Crippen LogP contribution in [0, 0.1) is 6.07 Å². The Hall–Kier alpha value is -0.800. The van der Waals surface area contributed by atoms with Crippen molar-refractivity contribution in [2.45, 2.75) is 45.4 Å². The standard InChI is InChI=1S/C20H23Br2O/c1-2-3-4-5-6-7-13-23-18-10-8-9-16(14-18)19-15-17(21)11-12-20(19)22/h8-9,11-12,14-15H,2-7,13H2,1H3. The van der Waals surface area contributed by atoms with Crippen LogP contribution in [0.1, 0.15) is 45.4 Å². The van der Waals surface area contributed by atoms with Gasteiger partial charge in [-0.25, -0.2) is 0 Å². The number of halogens is 2. The molecule has 0 fully saturated rings. The van der Waals surface area contributed by atoms with Crippen molar-refractivity contribution >= 4 is 31.9 Å². The Morgan fingerprint density at radius 1 is 0.957 bits per heavy atom. The molecule has 2 aromatic carbocycles. The Morgan fingerprint density at radius 2 is 1.74 bits per heavy atom. The Bertz CT molecular complexity index is 610. The number of rotatable bonds is 9. The third-order valence-electron chi connectivity index (χ3n) is 3.77. The molecule has 1 radical (unpaired) electrons. The van der Waals surface area contributed by atoms with Gasteiger partial charge >= 0.3 is 0 Å². The topological polar surface area (TPSA) is 9.23 Å². The number of ether oxygens (including phenoxy) is 1. The van der Waals surface area contributed by atoms with Gasteiger partial charge in [0, 0.05) is 15.0 Å². The molecular formula is C20H23Br2O. The molecule has 0 aromatic heterocycles.